The van der Waals surface area contributed by atoms with Crippen LogP contribution in [0.2, 0.25) is 14.4 Å². The van der Waals surface area contributed by atoms with Gasteiger partial charge < -0.3 is 10.4 Å². The first-order chi connectivity index (χ1) is 8.95. The Balaban J connectivity index is 2.29. The van der Waals surface area contributed by atoms with E-state index in [0.717, 1.165) is 0 Å². The van der Waals surface area contributed by atoms with Crippen LogP contribution in [0, 0.1) is 0 Å². The fraction of sp³-hybridized carbons (Fsp3) is 0.0833. The van der Waals surface area contributed by atoms with Gasteiger partial charge in [-0.15, -0.1) is 11.3 Å². The van der Waals surface area contributed by atoms with Gasteiger partial charge in [0.1, 0.15) is 0 Å². The maximum absolute atomic E-state index is 11.3. The van der Waals surface area contributed by atoms with Crippen molar-refractivity contribution in [3.8, 4) is 0 Å². The molecule has 19 heavy (non-hydrogen) atoms. The Bertz CT molecular complexity index is 595. The number of halogens is 3. The number of carboxylic acids is 1. The molecule has 0 saturated carbocycles. The van der Waals surface area contributed by atoms with Crippen molar-refractivity contribution in [3.63, 3.8) is 0 Å². The highest BCUT2D eigenvalue weighted by Gasteiger charge is 2.21. The zero-order valence-corrected chi connectivity index (χ0v) is 12.4. The third-order valence-electron chi connectivity index (χ3n) is 2.30. The normalized spacial score (nSPS) is 12.2. The molecule has 0 amide bonds. The van der Waals surface area contributed by atoms with Crippen LogP contribution in [0.15, 0.2) is 30.3 Å². The Morgan fingerprint density at radius 1 is 1.16 bits per heavy atom. The van der Waals surface area contributed by atoms with E-state index in [4.69, 9.17) is 34.8 Å². The molecular weight excluding hydrogens is 329 g/mol. The maximum atomic E-state index is 11.3. The van der Waals surface area contributed by atoms with Crippen LogP contribution in [0.3, 0.4) is 0 Å². The third kappa shape index (κ3) is 3.76. The average molecular weight is 337 g/mol. The second-order valence-corrected chi connectivity index (χ2v) is 6.34. The zero-order valence-electron chi connectivity index (χ0n) is 9.36. The molecule has 1 unspecified atom stereocenters. The van der Waals surface area contributed by atoms with E-state index in [2.05, 4.69) is 5.32 Å². The number of hydrogen-bond donors (Lipinski definition) is 2. The molecule has 0 saturated heterocycles. The molecule has 1 atom stereocenters. The third-order valence-corrected chi connectivity index (χ3v) is 4.03. The van der Waals surface area contributed by atoms with Gasteiger partial charge in [0.05, 0.1) is 4.34 Å². The van der Waals surface area contributed by atoms with Crippen LogP contribution in [0.4, 0.5) is 5.69 Å². The summed E-state index contributed by atoms with van der Waals surface area (Å²) < 4.78 is 0.534. The molecule has 100 valence electrons. The number of anilines is 1. The minimum atomic E-state index is -1.00. The van der Waals surface area contributed by atoms with Gasteiger partial charge in [0.2, 0.25) is 0 Å². The van der Waals surface area contributed by atoms with Crippen LogP contribution in [-0.2, 0) is 4.79 Å². The SMILES string of the molecule is O=C(O)C(Nc1cc(Cl)cc(Cl)c1)c1ccc(Cl)s1. The molecule has 0 spiro atoms. The molecule has 0 aliphatic rings. The van der Waals surface area contributed by atoms with Crippen molar-refractivity contribution in [3.05, 3.63) is 49.6 Å². The van der Waals surface area contributed by atoms with E-state index in [-0.39, 0.29) is 0 Å². The molecule has 2 aromatic rings. The van der Waals surface area contributed by atoms with E-state index < -0.39 is 12.0 Å². The van der Waals surface area contributed by atoms with Crippen molar-refractivity contribution in [1.82, 2.24) is 0 Å². The molecule has 0 bridgehead atoms. The summed E-state index contributed by atoms with van der Waals surface area (Å²) in [5, 5.41) is 13.0. The lowest BCUT2D eigenvalue weighted by molar-refractivity contribution is -0.138. The highest BCUT2D eigenvalue weighted by atomic mass is 35.5. The fourth-order valence-electron chi connectivity index (χ4n) is 1.54. The number of benzene rings is 1. The predicted molar refractivity (Wildman–Crippen MR) is 79.8 cm³/mol. The van der Waals surface area contributed by atoms with Crippen LogP contribution < -0.4 is 5.32 Å². The van der Waals surface area contributed by atoms with Crippen molar-refractivity contribution < 1.29 is 9.90 Å². The van der Waals surface area contributed by atoms with Crippen LogP contribution >= 0.6 is 46.1 Å². The van der Waals surface area contributed by atoms with E-state index in [1.165, 1.54) is 11.3 Å². The molecule has 0 aliphatic heterocycles. The first-order valence-corrected chi connectivity index (χ1v) is 7.11. The number of aliphatic carboxylic acids is 1. The lowest BCUT2D eigenvalue weighted by Crippen LogP contribution is -2.19. The highest BCUT2D eigenvalue weighted by Crippen LogP contribution is 2.31. The number of nitrogens with one attached hydrogen (secondary N) is 1. The van der Waals surface area contributed by atoms with Gasteiger partial charge in [0.25, 0.3) is 0 Å². The Labute approximate surface area is 128 Å². The van der Waals surface area contributed by atoms with Crippen molar-refractivity contribution in [2.24, 2.45) is 0 Å². The summed E-state index contributed by atoms with van der Waals surface area (Å²) in [5.41, 5.74) is 0.537. The van der Waals surface area contributed by atoms with Crippen LogP contribution in [-0.4, -0.2) is 11.1 Å². The van der Waals surface area contributed by atoms with E-state index in [1.54, 1.807) is 30.3 Å². The summed E-state index contributed by atoms with van der Waals surface area (Å²) in [6.07, 6.45) is 0. The maximum Gasteiger partial charge on any atom is 0.331 e. The van der Waals surface area contributed by atoms with E-state index in [0.29, 0.717) is 24.9 Å². The molecule has 2 N–H and O–H groups in total. The highest BCUT2D eigenvalue weighted by molar-refractivity contribution is 7.16. The topological polar surface area (TPSA) is 49.3 Å². The van der Waals surface area contributed by atoms with E-state index in [9.17, 15) is 9.90 Å². The van der Waals surface area contributed by atoms with E-state index in [1.807, 2.05) is 0 Å². The molecule has 1 heterocycles. The second-order valence-electron chi connectivity index (χ2n) is 3.72. The number of thiophene rings is 1. The average Bonchev–Trinajstić information content (AvgIpc) is 2.70. The van der Waals surface area contributed by atoms with Gasteiger partial charge >= 0.3 is 5.97 Å². The monoisotopic (exact) mass is 335 g/mol. The molecule has 0 fully saturated rings. The van der Waals surface area contributed by atoms with Crippen LogP contribution in [0.1, 0.15) is 10.9 Å². The predicted octanol–water partition coefficient (Wildman–Crippen LogP) is 4.95. The first kappa shape index (κ1) is 14.5. The van der Waals surface area contributed by atoms with Crippen molar-refractivity contribution in [2.45, 2.75) is 6.04 Å². The number of carboxylic acid groups (broad SMARTS) is 1. The zero-order chi connectivity index (χ0) is 14.0. The first-order valence-electron chi connectivity index (χ1n) is 5.16. The minimum absolute atomic E-state index is 0.434. The fourth-order valence-corrected chi connectivity index (χ4v) is 3.17. The lowest BCUT2D eigenvalue weighted by atomic mass is 10.2. The van der Waals surface area contributed by atoms with Gasteiger partial charge in [-0.1, -0.05) is 34.8 Å². The van der Waals surface area contributed by atoms with Gasteiger partial charge in [-0.05, 0) is 30.3 Å². The summed E-state index contributed by atoms with van der Waals surface area (Å²) in [6, 6.07) is 7.23. The van der Waals surface area contributed by atoms with Gasteiger partial charge in [0, 0.05) is 20.6 Å². The Morgan fingerprint density at radius 3 is 2.26 bits per heavy atom. The number of hydrogen-bond acceptors (Lipinski definition) is 3. The molecule has 0 aliphatic carbocycles. The summed E-state index contributed by atoms with van der Waals surface area (Å²) in [7, 11) is 0. The Kier molecular flexibility index (Phi) is 4.58. The summed E-state index contributed by atoms with van der Waals surface area (Å²) in [6.45, 7) is 0. The van der Waals surface area contributed by atoms with E-state index >= 15 is 0 Å². The smallest absolute Gasteiger partial charge is 0.331 e. The quantitative estimate of drug-likeness (QED) is 0.831. The minimum Gasteiger partial charge on any atom is -0.479 e. The molecule has 1 aromatic carbocycles. The largest absolute Gasteiger partial charge is 0.479 e. The van der Waals surface area contributed by atoms with Crippen LogP contribution in [0.5, 0.6) is 0 Å². The Morgan fingerprint density at radius 2 is 1.79 bits per heavy atom. The van der Waals surface area contributed by atoms with Gasteiger partial charge in [-0.25, -0.2) is 4.79 Å². The molecule has 1 aromatic heterocycles. The van der Waals surface area contributed by atoms with Crippen molar-refractivity contribution >= 4 is 57.8 Å². The van der Waals surface area contributed by atoms with Gasteiger partial charge in [-0.2, -0.15) is 0 Å². The number of carbonyl (C=O) groups is 1. The standard InChI is InChI=1S/C12H8Cl3NO2S/c13-6-3-7(14)5-8(4-6)16-11(12(17)18)9-1-2-10(15)19-9/h1-5,11,16H,(H,17,18). The Hall–Kier alpha value is -0.940. The summed E-state index contributed by atoms with van der Waals surface area (Å²) in [4.78, 5) is 11.9. The second kappa shape index (κ2) is 6.01. The molecular formula is C12H8Cl3NO2S. The number of rotatable bonds is 4. The molecule has 7 heteroatoms. The summed E-state index contributed by atoms with van der Waals surface area (Å²) >= 11 is 18.8. The van der Waals surface area contributed by atoms with Gasteiger partial charge in [-0.3, -0.25) is 0 Å². The lowest BCUT2D eigenvalue weighted by Gasteiger charge is -2.14. The molecule has 0 radical (unpaired) electrons. The van der Waals surface area contributed by atoms with Crippen molar-refractivity contribution in [2.75, 3.05) is 5.32 Å². The molecule has 3 nitrogen and oxygen atoms in total. The van der Waals surface area contributed by atoms with Crippen LogP contribution in [0.25, 0.3) is 0 Å². The summed E-state index contributed by atoms with van der Waals surface area (Å²) in [5.74, 6) is -1.00. The van der Waals surface area contributed by atoms with Crippen molar-refractivity contribution in [1.29, 1.82) is 0 Å². The molecule has 2 rings (SSSR count). The van der Waals surface area contributed by atoms with Gasteiger partial charge in [0.15, 0.2) is 6.04 Å².